The molecule has 1 aliphatic rings. The number of guanidine groups is 1. The molecule has 1 amide bonds. The Bertz CT molecular complexity index is 2030. The van der Waals surface area contributed by atoms with Crippen LogP contribution in [-0.2, 0) is 81.0 Å². The third-order valence-corrected chi connectivity index (χ3v) is 8.86. The lowest BCUT2D eigenvalue weighted by molar-refractivity contribution is -0.444. The quantitative estimate of drug-likeness (QED) is 0.150. The molecule has 0 unspecified atom stereocenters. The van der Waals surface area contributed by atoms with Crippen LogP contribution in [0.3, 0.4) is 0 Å². The first-order valence-electron chi connectivity index (χ1n) is 18.3. The number of aromatic nitrogens is 2. The minimum absolute atomic E-state index is 0.249. The van der Waals surface area contributed by atoms with Gasteiger partial charge in [0, 0.05) is 19.3 Å². The van der Waals surface area contributed by atoms with Gasteiger partial charge in [0.05, 0.1) is 16.5 Å². The van der Waals surface area contributed by atoms with Gasteiger partial charge < -0.3 is 37.9 Å². The molecule has 60 heavy (non-hydrogen) atoms. The molecule has 0 aliphatic carbocycles. The highest BCUT2D eigenvalue weighted by molar-refractivity contribution is 9.10. The van der Waals surface area contributed by atoms with Gasteiger partial charge in [0.1, 0.15) is 17.7 Å². The number of hydrogen-bond donors (Lipinski definition) is 2. The number of carbonyl (C=O) groups is 9. The van der Waals surface area contributed by atoms with Crippen molar-refractivity contribution in [2.75, 3.05) is 18.4 Å². The normalized spacial score (nSPS) is 16.2. The van der Waals surface area contributed by atoms with Gasteiger partial charge in [-0.05, 0) is 83.5 Å². The molecule has 0 radical (unpaired) electrons. The van der Waals surface area contributed by atoms with Gasteiger partial charge in [-0.1, -0.05) is 0 Å². The molecule has 22 nitrogen and oxygen atoms in total. The number of anilines is 1. The molecule has 1 aromatic heterocycles. The minimum atomic E-state index is -1.63. The number of nitrogens with one attached hydrogen (secondary N) is 2. The molecule has 0 saturated heterocycles. The molecular formula is C37H45BrN5O17+. The lowest BCUT2D eigenvalue weighted by Crippen LogP contribution is -2.73. The standard InChI is InChI=1S/C37H44BrN5O17/c1-16(29(45)43-15-14-41-37(43)42-25-10-11-26-28(27(25)38)40-13-12-39-26)54-31(47)18(3)56-33(49)20(5)58-35(51)22(7)60-36(52)23(8)59-34(50)21(6)57-32(48)19(4)55-30(46)17(2)53-24(9)44/h10-13,16-23H,14-15H2,1-9H3,(H,41,42)/p+1/t16-,17-,18-,19-,20-,21-,22-,23-/m0/s1. The van der Waals surface area contributed by atoms with E-state index in [9.17, 15) is 43.2 Å². The fraction of sp³-hybridized carbons (Fsp3) is 0.514. The lowest BCUT2D eigenvalue weighted by atomic mass is 10.2. The van der Waals surface area contributed by atoms with Gasteiger partial charge in [-0.3, -0.25) is 24.5 Å². The van der Waals surface area contributed by atoms with Gasteiger partial charge in [0.15, 0.2) is 48.8 Å². The van der Waals surface area contributed by atoms with E-state index in [4.69, 9.17) is 33.2 Å². The molecule has 326 valence electrons. The third kappa shape index (κ3) is 13.4. The van der Waals surface area contributed by atoms with E-state index in [1.165, 1.54) is 25.7 Å². The monoisotopic (exact) mass is 910 g/mol. The second-order valence-corrected chi connectivity index (χ2v) is 13.8. The van der Waals surface area contributed by atoms with Crippen LogP contribution in [0.25, 0.3) is 11.0 Å². The predicted molar refractivity (Wildman–Crippen MR) is 204 cm³/mol. The summed E-state index contributed by atoms with van der Waals surface area (Å²) in [4.78, 5) is 125. The number of benzene rings is 1. The van der Waals surface area contributed by atoms with Gasteiger partial charge in [-0.2, -0.15) is 4.90 Å². The summed E-state index contributed by atoms with van der Waals surface area (Å²) in [7, 11) is 0. The number of rotatable bonds is 17. The molecule has 0 saturated carbocycles. The van der Waals surface area contributed by atoms with E-state index in [2.05, 4.69) is 40.9 Å². The van der Waals surface area contributed by atoms with Crippen molar-refractivity contribution in [1.29, 1.82) is 0 Å². The van der Waals surface area contributed by atoms with Crippen molar-refractivity contribution in [1.82, 2.24) is 14.9 Å². The van der Waals surface area contributed by atoms with E-state index in [-0.39, 0.29) is 6.54 Å². The Morgan fingerprint density at radius 1 is 0.583 bits per heavy atom. The van der Waals surface area contributed by atoms with Crippen LogP contribution in [0.15, 0.2) is 29.0 Å². The number of nitrogens with zero attached hydrogens (tertiary/aromatic N) is 3. The molecule has 0 spiro atoms. The zero-order chi connectivity index (χ0) is 45.0. The Kier molecular flexibility index (Phi) is 17.4. The van der Waals surface area contributed by atoms with Crippen LogP contribution in [0, 0.1) is 0 Å². The van der Waals surface area contributed by atoms with E-state index < -0.39 is 102 Å². The fourth-order valence-corrected chi connectivity index (χ4v) is 5.34. The van der Waals surface area contributed by atoms with Gasteiger partial charge in [-0.15, -0.1) is 0 Å². The van der Waals surface area contributed by atoms with Crippen LogP contribution in [0.5, 0.6) is 0 Å². The Morgan fingerprint density at radius 3 is 1.35 bits per heavy atom. The topological polar surface area (TPSA) is 282 Å². The highest BCUT2D eigenvalue weighted by Gasteiger charge is 2.38. The molecule has 2 heterocycles. The summed E-state index contributed by atoms with van der Waals surface area (Å²) in [6, 6.07) is 3.50. The molecule has 0 bridgehead atoms. The summed E-state index contributed by atoms with van der Waals surface area (Å²) < 4.78 is 40.3. The highest BCUT2D eigenvalue weighted by Crippen LogP contribution is 2.29. The maximum absolute atomic E-state index is 13.3. The maximum Gasteiger partial charge on any atom is 0.358 e. The van der Waals surface area contributed by atoms with E-state index in [0.717, 1.165) is 41.5 Å². The maximum atomic E-state index is 13.3. The summed E-state index contributed by atoms with van der Waals surface area (Å²) in [6.07, 6.45) is -9.00. The number of carbonyl (C=O) groups excluding carboxylic acids is 9. The molecule has 1 aliphatic heterocycles. The van der Waals surface area contributed by atoms with Gasteiger partial charge in [0.2, 0.25) is 0 Å². The molecule has 3 rings (SSSR count). The minimum Gasteiger partial charge on any atom is -0.451 e. The smallest absolute Gasteiger partial charge is 0.358 e. The number of ether oxygens (including phenoxy) is 8. The number of fused-ring (bicyclic) bond motifs is 1. The molecule has 23 heteroatoms. The highest BCUT2D eigenvalue weighted by atomic mass is 79.9. The van der Waals surface area contributed by atoms with E-state index in [0.29, 0.717) is 33.7 Å². The van der Waals surface area contributed by atoms with Crippen LogP contribution in [-0.4, -0.2) is 136 Å². The Hall–Kier alpha value is -6.26. The fourth-order valence-electron chi connectivity index (χ4n) is 4.80. The van der Waals surface area contributed by atoms with Gasteiger partial charge in [0.25, 0.3) is 0 Å². The van der Waals surface area contributed by atoms with Crippen LogP contribution >= 0.6 is 15.9 Å². The molecular weight excluding hydrogens is 866 g/mol. The van der Waals surface area contributed by atoms with Crippen molar-refractivity contribution in [3.63, 3.8) is 0 Å². The summed E-state index contributed by atoms with van der Waals surface area (Å²) in [6.45, 7) is 11.0. The van der Waals surface area contributed by atoms with E-state index >= 15 is 0 Å². The van der Waals surface area contributed by atoms with Crippen molar-refractivity contribution >= 4 is 92.3 Å². The SMILES string of the molecule is CC(=O)O[C@@H](C)C(=O)O[C@@H](C)C(=O)O[C@@H](C)C(=O)O[C@@H](C)C(=O)O[C@@H](C)C(=O)O[C@@H](C)C(=O)O[C@@H](C)C(=O)O[C@@H](C)C(=O)N1CC[NH+]=C1Nc1ccc2nccnc2c1Br. The van der Waals surface area contributed by atoms with Gasteiger partial charge in [-0.25, -0.2) is 38.9 Å². The second kappa shape index (κ2) is 21.7. The largest absolute Gasteiger partial charge is 0.451 e. The molecule has 0 fully saturated rings. The molecule has 2 aromatic rings. The number of halogens is 1. The van der Waals surface area contributed by atoms with Gasteiger partial charge >= 0.3 is 59.6 Å². The van der Waals surface area contributed by atoms with E-state index in [1.54, 1.807) is 24.5 Å². The summed E-state index contributed by atoms with van der Waals surface area (Å²) in [5.41, 5.74) is 1.84. The average molecular weight is 912 g/mol. The van der Waals surface area contributed by atoms with Crippen LogP contribution in [0.2, 0.25) is 0 Å². The first-order chi connectivity index (χ1) is 28.1. The van der Waals surface area contributed by atoms with Crippen molar-refractivity contribution in [2.45, 2.75) is 111 Å². The second-order valence-electron chi connectivity index (χ2n) is 13.0. The summed E-state index contributed by atoms with van der Waals surface area (Å²) >= 11 is 3.51. The molecule has 2 N–H and O–H groups in total. The van der Waals surface area contributed by atoms with Crippen molar-refractivity contribution in [3.8, 4) is 0 Å². The first kappa shape index (κ1) is 48.1. The Morgan fingerprint density at radius 2 is 0.950 bits per heavy atom. The average Bonchev–Trinajstić information content (AvgIpc) is 3.65. The molecule has 8 atom stereocenters. The van der Waals surface area contributed by atoms with Crippen LogP contribution in [0.4, 0.5) is 5.69 Å². The predicted octanol–water partition coefficient (Wildman–Crippen LogP) is -0.443. The first-order valence-corrected chi connectivity index (χ1v) is 19.1. The zero-order valence-corrected chi connectivity index (χ0v) is 35.6. The Labute approximate surface area is 351 Å². The summed E-state index contributed by atoms with van der Waals surface area (Å²) in [5.74, 6) is -9.08. The van der Waals surface area contributed by atoms with Crippen LogP contribution in [0.1, 0.15) is 62.3 Å². The van der Waals surface area contributed by atoms with Crippen molar-refractivity contribution in [3.05, 3.63) is 29.0 Å². The summed E-state index contributed by atoms with van der Waals surface area (Å²) in [5, 5.41) is 3.13. The Balaban J connectivity index is 1.42. The number of hydrogen-bond acceptors (Lipinski definition) is 20. The number of esters is 8. The third-order valence-electron chi connectivity index (χ3n) is 8.06. The molecule has 1 aromatic carbocycles. The lowest BCUT2D eigenvalue weighted by Gasteiger charge is -2.21. The van der Waals surface area contributed by atoms with Crippen LogP contribution < -0.4 is 10.3 Å². The van der Waals surface area contributed by atoms with Crippen molar-refractivity contribution < 1.29 is 86.0 Å². The number of amides is 1. The zero-order valence-electron chi connectivity index (χ0n) is 34.0. The van der Waals surface area contributed by atoms with Crippen molar-refractivity contribution in [2.24, 2.45) is 0 Å². The van der Waals surface area contributed by atoms with E-state index in [1.807, 2.05) is 0 Å².